The van der Waals surface area contributed by atoms with Crippen LogP contribution in [0.3, 0.4) is 0 Å². The van der Waals surface area contributed by atoms with Crippen LogP contribution in [0.4, 0.5) is 0 Å². The predicted octanol–water partition coefficient (Wildman–Crippen LogP) is 3.17. The van der Waals surface area contributed by atoms with Gasteiger partial charge in [0.1, 0.15) is 0 Å². The standard InChI is InChI=1S/C11H14ClNS/c12-9-3-1-2-4-11(9)14-7-10(13)8-5-6-8/h1-4,8,10H,5-7,13H2. The Bertz CT molecular complexity index is 312. The Labute approximate surface area is 94.0 Å². The smallest absolute Gasteiger partial charge is 0.0541 e. The molecule has 1 aromatic carbocycles. The summed E-state index contributed by atoms with van der Waals surface area (Å²) in [6, 6.07) is 8.28. The van der Waals surface area contributed by atoms with E-state index >= 15 is 0 Å². The Morgan fingerprint density at radius 2 is 2.14 bits per heavy atom. The number of nitrogens with two attached hydrogens (primary N) is 1. The Morgan fingerprint density at radius 3 is 2.79 bits per heavy atom. The summed E-state index contributed by atoms with van der Waals surface area (Å²) in [5.41, 5.74) is 6.01. The molecule has 0 heterocycles. The third-order valence-corrected chi connectivity index (χ3v) is 4.16. The van der Waals surface area contributed by atoms with E-state index in [9.17, 15) is 0 Å². The Balaban J connectivity index is 1.87. The zero-order valence-electron chi connectivity index (χ0n) is 7.95. The molecule has 1 fully saturated rings. The molecule has 0 aliphatic heterocycles. The molecule has 0 aromatic heterocycles. The molecular formula is C11H14ClNS. The second-order valence-electron chi connectivity index (χ2n) is 3.74. The minimum absolute atomic E-state index is 0.344. The normalized spacial score (nSPS) is 18.1. The SMILES string of the molecule is NC(CSc1ccccc1Cl)C1CC1. The molecule has 2 N–H and O–H groups in total. The van der Waals surface area contributed by atoms with Crippen LogP contribution in [0.5, 0.6) is 0 Å². The topological polar surface area (TPSA) is 26.0 Å². The van der Waals surface area contributed by atoms with E-state index in [1.807, 2.05) is 24.3 Å². The summed E-state index contributed by atoms with van der Waals surface area (Å²) in [5, 5.41) is 0.834. The zero-order chi connectivity index (χ0) is 9.97. The summed E-state index contributed by atoms with van der Waals surface area (Å²) in [6.45, 7) is 0. The molecule has 1 aliphatic rings. The van der Waals surface area contributed by atoms with Gasteiger partial charge in [0.25, 0.3) is 0 Å². The van der Waals surface area contributed by atoms with Crippen LogP contribution in [0, 0.1) is 5.92 Å². The molecule has 76 valence electrons. The average molecular weight is 228 g/mol. The van der Waals surface area contributed by atoms with Gasteiger partial charge < -0.3 is 5.73 Å². The minimum Gasteiger partial charge on any atom is -0.327 e. The van der Waals surface area contributed by atoms with Crippen LogP contribution < -0.4 is 5.73 Å². The molecule has 0 bridgehead atoms. The first-order valence-electron chi connectivity index (χ1n) is 4.90. The van der Waals surface area contributed by atoms with Crippen LogP contribution in [-0.4, -0.2) is 11.8 Å². The molecule has 2 rings (SSSR count). The van der Waals surface area contributed by atoms with E-state index in [-0.39, 0.29) is 0 Å². The first kappa shape index (κ1) is 10.3. The Kier molecular flexibility index (Phi) is 3.37. The first-order valence-corrected chi connectivity index (χ1v) is 6.26. The van der Waals surface area contributed by atoms with Crippen molar-refractivity contribution in [3.8, 4) is 0 Å². The van der Waals surface area contributed by atoms with Crippen molar-refractivity contribution in [3.05, 3.63) is 29.3 Å². The number of hydrogen-bond acceptors (Lipinski definition) is 2. The van der Waals surface area contributed by atoms with E-state index in [4.69, 9.17) is 17.3 Å². The molecule has 1 aliphatic carbocycles. The molecule has 0 spiro atoms. The lowest BCUT2D eigenvalue weighted by Gasteiger charge is -2.09. The summed E-state index contributed by atoms with van der Waals surface area (Å²) in [6.07, 6.45) is 2.62. The van der Waals surface area contributed by atoms with Crippen molar-refractivity contribution < 1.29 is 0 Å². The molecular weight excluding hydrogens is 214 g/mol. The second-order valence-corrected chi connectivity index (χ2v) is 5.21. The van der Waals surface area contributed by atoms with Gasteiger partial charge in [-0.3, -0.25) is 0 Å². The van der Waals surface area contributed by atoms with E-state index in [1.54, 1.807) is 11.8 Å². The molecule has 1 saturated carbocycles. The molecule has 1 unspecified atom stereocenters. The maximum atomic E-state index is 6.04. The van der Waals surface area contributed by atoms with E-state index in [1.165, 1.54) is 12.8 Å². The number of thioether (sulfide) groups is 1. The van der Waals surface area contributed by atoms with Crippen molar-refractivity contribution in [2.75, 3.05) is 5.75 Å². The number of rotatable bonds is 4. The number of halogens is 1. The number of benzene rings is 1. The summed E-state index contributed by atoms with van der Waals surface area (Å²) >= 11 is 7.81. The van der Waals surface area contributed by atoms with E-state index in [2.05, 4.69) is 0 Å². The maximum Gasteiger partial charge on any atom is 0.0541 e. The highest BCUT2D eigenvalue weighted by Gasteiger charge is 2.28. The molecule has 0 radical (unpaired) electrons. The first-order chi connectivity index (χ1) is 6.77. The van der Waals surface area contributed by atoms with E-state index in [0.29, 0.717) is 6.04 Å². The lowest BCUT2D eigenvalue weighted by atomic mass is 10.2. The highest BCUT2D eigenvalue weighted by atomic mass is 35.5. The van der Waals surface area contributed by atoms with Crippen molar-refractivity contribution in [1.29, 1.82) is 0 Å². The monoisotopic (exact) mass is 227 g/mol. The van der Waals surface area contributed by atoms with Crippen LogP contribution in [0.2, 0.25) is 5.02 Å². The number of hydrogen-bond donors (Lipinski definition) is 1. The third kappa shape index (κ3) is 2.66. The fraction of sp³-hybridized carbons (Fsp3) is 0.455. The van der Waals surface area contributed by atoms with Gasteiger partial charge >= 0.3 is 0 Å². The molecule has 1 atom stereocenters. The molecule has 0 saturated heterocycles. The highest BCUT2D eigenvalue weighted by molar-refractivity contribution is 7.99. The van der Waals surface area contributed by atoms with Gasteiger partial charge in [-0.2, -0.15) is 0 Å². The van der Waals surface area contributed by atoms with Gasteiger partial charge in [-0.1, -0.05) is 23.7 Å². The summed E-state index contributed by atoms with van der Waals surface area (Å²) in [4.78, 5) is 1.14. The summed E-state index contributed by atoms with van der Waals surface area (Å²) in [7, 11) is 0. The lowest BCUT2D eigenvalue weighted by molar-refractivity contribution is 0.659. The van der Waals surface area contributed by atoms with Gasteiger partial charge in [0.2, 0.25) is 0 Å². The molecule has 1 aromatic rings. The van der Waals surface area contributed by atoms with Gasteiger partial charge in [0, 0.05) is 16.7 Å². The average Bonchev–Trinajstić information content (AvgIpc) is 2.99. The van der Waals surface area contributed by atoms with Crippen LogP contribution in [0.15, 0.2) is 29.2 Å². The third-order valence-electron chi connectivity index (χ3n) is 2.50. The summed E-state index contributed by atoms with van der Waals surface area (Å²) in [5.74, 6) is 1.75. The second kappa shape index (κ2) is 4.56. The highest BCUT2D eigenvalue weighted by Crippen LogP contribution is 2.35. The van der Waals surface area contributed by atoms with Gasteiger partial charge in [0.05, 0.1) is 5.02 Å². The molecule has 14 heavy (non-hydrogen) atoms. The van der Waals surface area contributed by atoms with Gasteiger partial charge in [-0.15, -0.1) is 11.8 Å². The zero-order valence-corrected chi connectivity index (χ0v) is 9.52. The van der Waals surface area contributed by atoms with Crippen LogP contribution >= 0.6 is 23.4 Å². The van der Waals surface area contributed by atoms with Crippen molar-refractivity contribution in [1.82, 2.24) is 0 Å². The Hall–Kier alpha value is -0.180. The fourth-order valence-corrected chi connectivity index (χ4v) is 2.73. The van der Waals surface area contributed by atoms with Crippen molar-refractivity contribution in [2.45, 2.75) is 23.8 Å². The van der Waals surface area contributed by atoms with Crippen molar-refractivity contribution >= 4 is 23.4 Å². The maximum absolute atomic E-state index is 6.04. The Morgan fingerprint density at radius 1 is 1.43 bits per heavy atom. The predicted molar refractivity (Wildman–Crippen MR) is 62.9 cm³/mol. The van der Waals surface area contributed by atoms with E-state index in [0.717, 1.165) is 21.6 Å². The fourth-order valence-electron chi connectivity index (χ4n) is 1.41. The minimum atomic E-state index is 0.344. The van der Waals surface area contributed by atoms with Gasteiger partial charge in [0.15, 0.2) is 0 Å². The molecule has 0 amide bonds. The van der Waals surface area contributed by atoms with Crippen molar-refractivity contribution in [2.24, 2.45) is 11.7 Å². The van der Waals surface area contributed by atoms with Gasteiger partial charge in [-0.25, -0.2) is 0 Å². The summed E-state index contributed by atoms with van der Waals surface area (Å²) < 4.78 is 0. The van der Waals surface area contributed by atoms with Gasteiger partial charge in [-0.05, 0) is 30.9 Å². The molecule has 3 heteroatoms. The molecule has 1 nitrogen and oxygen atoms in total. The lowest BCUT2D eigenvalue weighted by Crippen LogP contribution is -2.24. The van der Waals surface area contributed by atoms with Crippen LogP contribution in [-0.2, 0) is 0 Å². The van der Waals surface area contributed by atoms with E-state index < -0.39 is 0 Å². The van der Waals surface area contributed by atoms with Crippen LogP contribution in [0.25, 0.3) is 0 Å². The quantitative estimate of drug-likeness (QED) is 0.800. The largest absolute Gasteiger partial charge is 0.327 e. The van der Waals surface area contributed by atoms with Crippen LogP contribution in [0.1, 0.15) is 12.8 Å². The van der Waals surface area contributed by atoms with Crippen molar-refractivity contribution in [3.63, 3.8) is 0 Å².